The van der Waals surface area contributed by atoms with Crippen molar-refractivity contribution in [1.29, 1.82) is 0 Å². The van der Waals surface area contributed by atoms with Gasteiger partial charge >= 0.3 is 0 Å². The van der Waals surface area contributed by atoms with Crippen molar-refractivity contribution in [1.82, 2.24) is 0 Å². The van der Waals surface area contributed by atoms with Crippen LogP contribution in [0.2, 0.25) is 0 Å². The van der Waals surface area contributed by atoms with Gasteiger partial charge in [-0.2, -0.15) is 0 Å². The van der Waals surface area contributed by atoms with E-state index in [1.807, 2.05) is 6.92 Å². The van der Waals surface area contributed by atoms with Crippen LogP contribution in [0.5, 0.6) is 0 Å². The highest BCUT2D eigenvalue weighted by molar-refractivity contribution is 7.90. The van der Waals surface area contributed by atoms with Crippen molar-refractivity contribution in [2.75, 3.05) is 5.75 Å². The maximum absolute atomic E-state index is 12.6. The molecule has 0 spiro atoms. The molecule has 0 bridgehead atoms. The summed E-state index contributed by atoms with van der Waals surface area (Å²) < 4.78 is 36.0. The maximum atomic E-state index is 12.6. The summed E-state index contributed by atoms with van der Waals surface area (Å²) in [4.78, 5) is 0. The van der Waals surface area contributed by atoms with Gasteiger partial charge in [0, 0.05) is 6.04 Å². The number of benzene rings is 1. The minimum absolute atomic E-state index is 0.0269. The Balaban J connectivity index is 2.69. The van der Waals surface area contributed by atoms with E-state index < -0.39 is 9.84 Å². The van der Waals surface area contributed by atoms with E-state index in [1.54, 1.807) is 0 Å². The molecule has 16 heavy (non-hydrogen) atoms. The minimum atomic E-state index is -3.21. The Morgan fingerprint density at radius 1 is 1.31 bits per heavy atom. The predicted molar refractivity (Wildman–Crippen MR) is 62.2 cm³/mol. The molecule has 0 aliphatic rings. The molecule has 0 fully saturated rings. The highest BCUT2D eigenvalue weighted by Gasteiger charge is 2.15. The van der Waals surface area contributed by atoms with Crippen LogP contribution in [-0.2, 0) is 15.6 Å². The summed E-state index contributed by atoms with van der Waals surface area (Å²) >= 11 is 0. The zero-order chi connectivity index (χ0) is 12.2. The summed E-state index contributed by atoms with van der Waals surface area (Å²) in [7, 11) is -3.21. The first-order chi connectivity index (χ1) is 7.43. The van der Waals surface area contributed by atoms with Gasteiger partial charge in [-0.25, -0.2) is 12.8 Å². The highest BCUT2D eigenvalue weighted by atomic mass is 32.2. The van der Waals surface area contributed by atoms with E-state index in [9.17, 15) is 12.8 Å². The van der Waals surface area contributed by atoms with E-state index in [1.165, 1.54) is 24.3 Å². The second kappa shape index (κ2) is 5.41. The van der Waals surface area contributed by atoms with Crippen molar-refractivity contribution in [3.8, 4) is 0 Å². The first-order valence-electron chi connectivity index (χ1n) is 5.13. The van der Waals surface area contributed by atoms with Gasteiger partial charge in [0.25, 0.3) is 0 Å². The fraction of sp³-hybridized carbons (Fsp3) is 0.455. The molecule has 0 radical (unpaired) electrons. The molecule has 1 aromatic carbocycles. The molecule has 0 saturated heterocycles. The normalized spacial score (nSPS) is 13.7. The molecule has 0 aliphatic heterocycles. The summed E-state index contributed by atoms with van der Waals surface area (Å²) in [5.41, 5.74) is 6.19. The summed E-state index contributed by atoms with van der Waals surface area (Å²) in [6.45, 7) is 1.85. The van der Waals surface area contributed by atoms with Gasteiger partial charge in [0.1, 0.15) is 5.82 Å². The molecule has 1 unspecified atom stereocenters. The SMILES string of the molecule is CCC(N)CS(=O)(=O)Cc1ccc(F)cc1. The lowest BCUT2D eigenvalue weighted by Crippen LogP contribution is -2.29. The second-order valence-corrected chi connectivity index (χ2v) is 5.96. The molecular weight excluding hydrogens is 229 g/mol. The van der Waals surface area contributed by atoms with Crippen LogP contribution in [0, 0.1) is 5.82 Å². The lowest BCUT2D eigenvalue weighted by Gasteiger charge is -2.09. The molecule has 1 rings (SSSR count). The quantitative estimate of drug-likeness (QED) is 0.854. The summed E-state index contributed by atoms with van der Waals surface area (Å²) in [5, 5.41) is 0. The van der Waals surface area contributed by atoms with Crippen molar-refractivity contribution in [2.45, 2.75) is 25.1 Å². The Labute approximate surface area is 95.4 Å². The molecule has 0 aliphatic carbocycles. The highest BCUT2D eigenvalue weighted by Crippen LogP contribution is 2.09. The Hall–Kier alpha value is -0.940. The molecule has 3 nitrogen and oxygen atoms in total. The molecule has 0 saturated carbocycles. The molecule has 5 heteroatoms. The van der Waals surface area contributed by atoms with Crippen molar-refractivity contribution >= 4 is 9.84 Å². The van der Waals surface area contributed by atoms with Crippen LogP contribution < -0.4 is 5.73 Å². The molecule has 0 amide bonds. The Morgan fingerprint density at radius 3 is 2.38 bits per heavy atom. The Morgan fingerprint density at radius 2 is 1.88 bits per heavy atom. The summed E-state index contributed by atoms with van der Waals surface area (Å²) in [6, 6.07) is 5.13. The third-order valence-corrected chi connectivity index (χ3v) is 4.00. The first kappa shape index (κ1) is 13.1. The average molecular weight is 245 g/mol. The number of hydrogen-bond donors (Lipinski definition) is 1. The van der Waals surface area contributed by atoms with Crippen LogP contribution in [0.25, 0.3) is 0 Å². The fourth-order valence-corrected chi connectivity index (χ4v) is 3.04. The van der Waals surface area contributed by atoms with Gasteiger partial charge in [0.15, 0.2) is 9.84 Å². The van der Waals surface area contributed by atoms with Gasteiger partial charge < -0.3 is 5.73 Å². The Bertz CT molecular complexity index is 428. The average Bonchev–Trinajstić information content (AvgIpc) is 2.20. The van der Waals surface area contributed by atoms with E-state index in [2.05, 4.69) is 0 Å². The van der Waals surface area contributed by atoms with Gasteiger partial charge in [-0.1, -0.05) is 19.1 Å². The predicted octanol–water partition coefficient (Wildman–Crippen LogP) is 1.48. The largest absolute Gasteiger partial charge is 0.327 e. The van der Waals surface area contributed by atoms with Crippen LogP contribution >= 0.6 is 0 Å². The molecule has 0 heterocycles. The van der Waals surface area contributed by atoms with E-state index in [0.717, 1.165) is 0 Å². The number of sulfone groups is 1. The number of hydrogen-bond acceptors (Lipinski definition) is 3. The van der Waals surface area contributed by atoms with Gasteiger partial charge in [0.05, 0.1) is 11.5 Å². The van der Waals surface area contributed by atoms with E-state index in [0.29, 0.717) is 12.0 Å². The first-order valence-corrected chi connectivity index (χ1v) is 6.95. The van der Waals surface area contributed by atoms with Crippen molar-refractivity contribution in [3.63, 3.8) is 0 Å². The third-order valence-electron chi connectivity index (χ3n) is 2.29. The lowest BCUT2D eigenvalue weighted by molar-refractivity contribution is 0.582. The van der Waals surface area contributed by atoms with Crippen LogP contribution in [0.3, 0.4) is 0 Å². The molecule has 1 aromatic rings. The molecule has 1 atom stereocenters. The van der Waals surface area contributed by atoms with Gasteiger partial charge in [-0.15, -0.1) is 0 Å². The van der Waals surface area contributed by atoms with Crippen LogP contribution in [-0.4, -0.2) is 20.2 Å². The van der Waals surface area contributed by atoms with Gasteiger partial charge in [0.2, 0.25) is 0 Å². The van der Waals surface area contributed by atoms with Crippen molar-refractivity contribution in [3.05, 3.63) is 35.6 Å². The summed E-state index contributed by atoms with van der Waals surface area (Å²) in [5.74, 6) is -0.478. The van der Waals surface area contributed by atoms with Crippen molar-refractivity contribution < 1.29 is 12.8 Å². The smallest absolute Gasteiger partial charge is 0.155 e. The van der Waals surface area contributed by atoms with E-state index in [4.69, 9.17) is 5.73 Å². The maximum Gasteiger partial charge on any atom is 0.155 e. The van der Waals surface area contributed by atoms with E-state index >= 15 is 0 Å². The summed E-state index contributed by atoms with van der Waals surface area (Å²) in [6.07, 6.45) is 0.628. The monoisotopic (exact) mass is 245 g/mol. The third kappa shape index (κ3) is 4.28. The molecule has 0 aromatic heterocycles. The minimum Gasteiger partial charge on any atom is -0.327 e. The topological polar surface area (TPSA) is 60.2 Å². The zero-order valence-electron chi connectivity index (χ0n) is 9.19. The van der Waals surface area contributed by atoms with Crippen LogP contribution in [0.15, 0.2) is 24.3 Å². The number of nitrogens with two attached hydrogens (primary N) is 1. The van der Waals surface area contributed by atoms with Gasteiger partial charge in [-0.05, 0) is 24.1 Å². The fourth-order valence-electron chi connectivity index (χ4n) is 1.34. The lowest BCUT2D eigenvalue weighted by atomic mass is 10.2. The number of halogens is 1. The van der Waals surface area contributed by atoms with Crippen molar-refractivity contribution in [2.24, 2.45) is 5.73 Å². The van der Waals surface area contributed by atoms with Gasteiger partial charge in [-0.3, -0.25) is 0 Å². The number of rotatable bonds is 5. The zero-order valence-corrected chi connectivity index (χ0v) is 10.0. The molecule has 2 N–H and O–H groups in total. The Kier molecular flexibility index (Phi) is 4.44. The van der Waals surface area contributed by atoms with Crippen LogP contribution in [0.1, 0.15) is 18.9 Å². The van der Waals surface area contributed by atoms with Crippen LogP contribution in [0.4, 0.5) is 4.39 Å². The second-order valence-electron chi connectivity index (χ2n) is 3.85. The standard InChI is InChI=1S/C11H16FNO2S/c1-2-11(13)8-16(14,15)7-9-3-5-10(12)6-4-9/h3-6,11H,2,7-8,13H2,1H3. The molecule has 90 valence electrons. The van der Waals surface area contributed by atoms with E-state index in [-0.39, 0.29) is 23.4 Å². The molecular formula is C11H16FNO2S.